The average Bonchev–Trinajstić information content (AvgIpc) is 3.14. The highest BCUT2D eigenvalue weighted by molar-refractivity contribution is 6.30. The van der Waals surface area contributed by atoms with Gasteiger partial charge in [-0.3, -0.25) is 14.8 Å². The van der Waals surface area contributed by atoms with Crippen LogP contribution in [0.5, 0.6) is 0 Å². The van der Waals surface area contributed by atoms with Crippen LogP contribution in [-0.2, 0) is 24.9 Å². The second-order valence-electron chi connectivity index (χ2n) is 6.53. The standard InChI is InChI=1S/C21H21ClN4O3/c1-25(20(27)19-11-12-23-26(19)2)13-15-5-9-18(10-6-15)24-21(28)29-14-16-3-7-17(22)8-4-16/h3-12H,13-14H2,1-2H3,(H,24,28). The van der Waals surface area contributed by atoms with Gasteiger partial charge in [0.05, 0.1) is 0 Å². The van der Waals surface area contributed by atoms with Crippen molar-refractivity contribution in [2.45, 2.75) is 13.2 Å². The molecule has 2 amide bonds. The number of carbonyl (C=O) groups is 2. The zero-order chi connectivity index (χ0) is 20.8. The van der Waals surface area contributed by atoms with Gasteiger partial charge in [-0.1, -0.05) is 35.9 Å². The SMILES string of the molecule is CN(Cc1ccc(NC(=O)OCc2ccc(Cl)cc2)cc1)C(=O)c1ccnn1C. The fraction of sp³-hybridized carbons (Fsp3) is 0.190. The number of anilines is 1. The lowest BCUT2D eigenvalue weighted by molar-refractivity contribution is 0.0774. The Morgan fingerprint density at radius 1 is 1.07 bits per heavy atom. The summed E-state index contributed by atoms with van der Waals surface area (Å²) >= 11 is 5.83. The first kappa shape index (κ1) is 20.4. The lowest BCUT2D eigenvalue weighted by atomic mass is 10.2. The molecule has 1 heterocycles. The summed E-state index contributed by atoms with van der Waals surface area (Å²) in [4.78, 5) is 26.0. The Hall–Kier alpha value is -3.32. The molecular formula is C21H21ClN4O3. The van der Waals surface area contributed by atoms with E-state index in [0.29, 0.717) is 22.9 Å². The van der Waals surface area contributed by atoms with Crippen molar-refractivity contribution in [3.8, 4) is 0 Å². The Balaban J connectivity index is 1.50. The number of rotatable bonds is 6. The van der Waals surface area contributed by atoms with Crippen molar-refractivity contribution < 1.29 is 14.3 Å². The van der Waals surface area contributed by atoms with Gasteiger partial charge in [-0.05, 0) is 41.5 Å². The second-order valence-corrected chi connectivity index (χ2v) is 6.96. The molecule has 7 nitrogen and oxygen atoms in total. The lowest BCUT2D eigenvalue weighted by Crippen LogP contribution is -2.28. The molecule has 0 saturated heterocycles. The maximum atomic E-state index is 12.4. The van der Waals surface area contributed by atoms with Crippen molar-refractivity contribution in [1.82, 2.24) is 14.7 Å². The average molecular weight is 413 g/mol. The van der Waals surface area contributed by atoms with E-state index in [1.54, 1.807) is 72.3 Å². The largest absolute Gasteiger partial charge is 0.444 e. The second kappa shape index (κ2) is 9.25. The summed E-state index contributed by atoms with van der Waals surface area (Å²) in [7, 11) is 3.46. The highest BCUT2D eigenvalue weighted by Crippen LogP contribution is 2.14. The van der Waals surface area contributed by atoms with E-state index in [4.69, 9.17) is 16.3 Å². The van der Waals surface area contributed by atoms with Crippen molar-refractivity contribution in [3.63, 3.8) is 0 Å². The van der Waals surface area contributed by atoms with E-state index in [1.165, 1.54) is 0 Å². The first-order valence-electron chi connectivity index (χ1n) is 8.93. The zero-order valence-corrected chi connectivity index (χ0v) is 16.9. The van der Waals surface area contributed by atoms with Gasteiger partial charge in [0, 0.05) is 37.5 Å². The number of hydrogen-bond donors (Lipinski definition) is 1. The number of nitrogens with one attached hydrogen (secondary N) is 1. The van der Waals surface area contributed by atoms with Gasteiger partial charge in [0.15, 0.2) is 0 Å². The molecule has 8 heteroatoms. The minimum absolute atomic E-state index is 0.113. The van der Waals surface area contributed by atoms with Crippen LogP contribution in [0.1, 0.15) is 21.6 Å². The quantitative estimate of drug-likeness (QED) is 0.661. The molecule has 0 bridgehead atoms. The molecule has 0 aliphatic rings. The number of ether oxygens (including phenoxy) is 1. The zero-order valence-electron chi connectivity index (χ0n) is 16.1. The van der Waals surface area contributed by atoms with E-state index < -0.39 is 6.09 Å². The predicted molar refractivity (Wildman–Crippen MR) is 111 cm³/mol. The van der Waals surface area contributed by atoms with Crippen LogP contribution in [-0.4, -0.2) is 33.7 Å². The molecule has 0 aliphatic carbocycles. The molecule has 1 N–H and O–H groups in total. The third kappa shape index (κ3) is 5.58. The molecule has 0 radical (unpaired) electrons. The van der Waals surface area contributed by atoms with Gasteiger partial charge in [-0.15, -0.1) is 0 Å². The van der Waals surface area contributed by atoms with Crippen LogP contribution in [0, 0.1) is 0 Å². The van der Waals surface area contributed by atoms with Crippen LogP contribution < -0.4 is 5.32 Å². The van der Waals surface area contributed by atoms with Crippen LogP contribution in [0.2, 0.25) is 5.02 Å². The van der Waals surface area contributed by atoms with Gasteiger partial charge in [0.25, 0.3) is 5.91 Å². The van der Waals surface area contributed by atoms with Crippen LogP contribution in [0.25, 0.3) is 0 Å². The number of amides is 2. The predicted octanol–water partition coefficient (Wildman–Crippen LogP) is 4.09. The van der Waals surface area contributed by atoms with E-state index in [2.05, 4.69) is 10.4 Å². The molecule has 0 saturated carbocycles. The molecule has 1 aromatic heterocycles. The molecular weight excluding hydrogens is 392 g/mol. The van der Waals surface area contributed by atoms with Gasteiger partial charge >= 0.3 is 6.09 Å². The molecule has 3 rings (SSSR count). The number of halogens is 1. The molecule has 0 fully saturated rings. The minimum Gasteiger partial charge on any atom is -0.444 e. The number of aromatic nitrogens is 2. The van der Waals surface area contributed by atoms with Crippen molar-refractivity contribution in [1.29, 1.82) is 0 Å². The van der Waals surface area contributed by atoms with E-state index >= 15 is 0 Å². The smallest absolute Gasteiger partial charge is 0.411 e. The van der Waals surface area contributed by atoms with Crippen molar-refractivity contribution in [2.75, 3.05) is 12.4 Å². The van der Waals surface area contributed by atoms with Crippen molar-refractivity contribution in [2.24, 2.45) is 7.05 Å². The third-order valence-electron chi connectivity index (χ3n) is 4.29. The Labute approximate surface area is 173 Å². The summed E-state index contributed by atoms with van der Waals surface area (Å²) in [6.07, 6.45) is 1.05. The highest BCUT2D eigenvalue weighted by Gasteiger charge is 2.15. The normalized spacial score (nSPS) is 10.4. The number of hydrogen-bond acceptors (Lipinski definition) is 4. The minimum atomic E-state index is -0.545. The van der Waals surface area contributed by atoms with Crippen LogP contribution in [0.4, 0.5) is 10.5 Å². The van der Waals surface area contributed by atoms with E-state index in [9.17, 15) is 9.59 Å². The number of nitrogens with zero attached hydrogens (tertiary/aromatic N) is 3. The fourth-order valence-corrected chi connectivity index (χ4v) is 2.83. The van der Waals surface area contributed by atoms with E-state index in [1.807, 2.05) is 12.1 Å². The van der Waals surface area contributed by atoms with Crippen LogP contribution >= 0.6 is 11.6 Å². The summed E-state index contributed by atoms with van der Waals surface area (Å²) in [5.74, 6) is -0.113. The summed E-state index contributed by atoms with van der Waals surface area (Å²) in [5, 5.41) is 7.32. The molecule has 0 unspecified atom stereocenters. The maximum absolute atomic E-state index is 12.4. The lowest BCUT2D eigenvalue weighted by Gasteiger charge is -2.17. The molecule has 2 aromatic carbocycles. The van der Waals surface area contributed by atoms with Gasteiger partial charge in [-0.2, -0.15) is 5.10 Å². The topological polar surface area (TPSA) is 76.5 Å². The summed E-state index contributed by atoms with van der Waals surface area (Å²) in [6, 6.07) is 16.0. The Morgan fingerprint density at radius 3 is 2.34 bits per heavy atom. The summed E-state index contributed by atoms with van der Waals surface area (Å²) in [5.41, 5.74) is 2.91. The monoisotopic (exact) mass is 412 g/mol. The number of aryl methyl sites for hydroxylation is 1. The van der Waals surface area contributed by atoms with Gasteiger partial charge in [0.1, 0.15) is 12.3 Å². The Kier molecular flexibility index (Phi) is 6.51. The first-order valence-corrected chi connectivity index (χ1v) is 9.31. The number of benzene rings is 2. The van der Waals surface area contributed by atoms with Crippen LogP contribution in [0.15, 0.2) is 60.8 Å². The maximum Gasteiger partial charge on any atom is 0.411 e. The molecule has 29 heavy (non-hydrogen) atoms. The molecule has 0 spiro atoms. The first-order chi connectivity index (χ1) is 13.9. The molecule has 3 aromatic rings. The Bertz CT molecular complexity index is 984. The van der Waals surface area contributed by atoms with Crippen LogP contribution in [0.3, 0.4) is 0 Å². The van der Waals surface area contributed by atoms with Crippen molar-refractivity contribution in [3.05, 3.63) is 82.6 Å². The third-order valence-corrected chi connectivity index (χ3v) is 4.54. The summed E-state index contributed by atoms with van der Waals surface area (Å²) < 4.78 is 6.74. The highest BCUT2D eigenvalue weighted by atomic mass is 35.5. The van der Waals surface area contributed by atoms with Gasteiger partial charge < -0.3 is 9.64 Å². The van der Waals surface area contributed by atoms with Gasteiger partial charge in [-0.25, -0.2) is 4.79 Å². The van der Waals surface area contributed by atoms with Crippen molar-refractivity contribution >= 4 is 29.3 Å². The van der Waals surface area contributed by atoms with E-state index in [0.717, 1.165) is 11.1 Å². The molecule has 150 valence electrons. The van der Waals surface area contributed by atoms with Gasteiger partial charge in [0.2, 0.25) is 0 Å². The summed E-state index contributed by atoms with van der Waals surface area (Å²) in [6.45, 7) is 0.591. The molecule has 0 atom stereocenters. The fourth-order valence-electron chi connectivity index (χ4n) is 2.70. The Morgan fingerprint density at radius 2 is 1.72 bits per heavy atom. The van der Waals surface area contributed by atoms with E-state index in [-0.39, 0.29) is 12.5 Å². The number of carbonyl (C=O) groups excluding carboxylic acids is 2. The molecule has 0 aliphatic heterocycles.